The Morgan fingerprint density at radius 2 is 1.08 bits per heavy atom. The number of hydrogen-bond acceptors (Lipinski definition) is 2. The highest BCUT2D eigenvalue weighted by molar-refractivity contribution is 6.34. The molecule has 0 heterocycles. The zero-order valence-electron chi connectivity index (χ0n) is 29.7. The zero-order chi connectivity index (χ0) is 35.3. The monoisotopic (exact) mass is 678 g/mol. The molecule has 0 aliphatic heterocycles. The Morgan fingerprint density at radius 3 is 1.79 bits per heavy atom. The standard InChI is InChI=1S/C51H38N2/c1-52(49-33-32-47-45-21-10-15-38-14-9-20-44(50(38)45)46-22-11-23-48(49)51(46)47)40-28-24-36(25-29-40)37-26-30-42(31-27-37)53(41-17-6-3-7-18-41)43-19-8-16-39(34-43)35-12-4-2-5-13-35/h2-26,28-34,37H,27H2,1H3. The zero-order valence-corrected chi connectivity index (χ0v) is 29.7. The van der Waals surface area contributed by atoms with Gasteiger partial charge in [-0.15, -0.1) is 0 Å². The van der Waals surface area contributed by atoms with Crippen molar-refractivity contribution >= 4 is 65.8 Å². The van der Waals surface area contributed by atoms with E-state index in [0.717, 1.165) is 17.8 Å². The predicted molar refractivity (Wildman–Crippen MR) is 227 cm³/mol. The first-order chi connectivity index (χ1) is 26.2. The molecular formula is C51H38N2. The average molecular weight is 679 g/mol. The van der Waals surface area contributed by atoms with Gasteiger partial charge in [0.05, 0.1) is 0 Å². The lowest BCUT2D eigenvalue weighted by molar-refractivity contribution is 0.840. The number of anilines is 4. The largest absolute Gasteiger partial charge is 0.344 e. The van der Waals surface area contributed by atoms with Gasteiger partial charge in [0.2, 0.25) is 0 Å². The van der Waals surface area contributed by atoms with Crippen molar-refractivity contribution in [3.05, 3.63) is 205 Å². The van der Waals surface area contributed by atoms with Gasteiger partial charge in [-0.1, -0.05) is 146 Å². The van der Waals surface area contributed by atoms with Crippen molar-refractivity contribution in [2.45, 2.75) is 12.3 Å². The van der Waals surface area contributed by atoms with E-state index in [-0.39, 0.29) is 0 Å². The Labute approximate surface area is 310 Å². The van der Waals surface area contributed by atoms with Crippen molar-refractivity contribution in [1.29, 1.82) is 0 Å². The van der Waals surface area contributed by atoms with Crippen molar-refractivity contribution in [3.63, 3.8) is 0 Å². The maximum absolute atomic E-state index is 2.39. The Hall–Kier alpha value is -6.64. The average Bonchev–Trinajstić information content (AvgIpc) is 3.23. The molecule has 1 aliphatic rings. The minimum absolute atomic E-state index is 0.315. The van der Waals surface area contributed by atoms with Gasteiger partial charge in [0.15, 0.2) is 0 Å². The normalized spacial score (nSPS) is 14.3. The van der Waals surface area contributed by atoms with Crippen molar-refractivity contribution in [3.8, 4) is 11.1 Å². The van der Waals surface area contributed by atoms with Gasteiger partial charge >= 0.3 is 0 Å². The van der Waals surface area contributed by atoms with Gasteiger partial charge in [-0.2, -0.15) is 0 Å². The molecule has 2 nitrogen and oxygen atoms in total. The number of hydrogen-bond donors (Lipinski definition) is 0. The van der Waals surface area contributed by atoms with E-state index in [4.69, 9.17) is 0 Å². The van der Waals surface area contributed by atoms with E-state index in [1.165, 1.54) is 76.9 Å². The van der Waals surface area contributed by atoms with E-state index in [1.807, 2.05) is 0 Å². The molecule has 252 valence electrons. The molecule has 0 saturated heterocycles. The van der Waals surface area contributed by atoms with Gasteiger partial charge in [0.25, 0.3) is 0 Å². The number of para-hydroxylation sites is 1. The summed E-state index contributed by atoms with van der Waals surface area (Å²) in [7, 11) is 2.19. The predicted octanol–water partition coefficient (Wildman–Crippen LogP) is 13.9. The molecule has 9 aromatic rings. The van der Waals surface area contributed by atoms with Crippen LogP contribution >= 0.6 is 0 Å². The fraction of sp³-hybridized carbons (Fsp3) is 0.0588. The van der Waals surface area contributed by atoms with Gasteiger partial charge in [-0.3, -0.25) is 0 Å². The highest BCUT2D eigenvalue weighted by atomic mass is 15.1. The molecule has 1 aliphatic carbocycles. The second-order valence-electron chi connectivity index (χ2n) is 14.1. The Balaban J connectivity index is 0.939. The Bertz CT molecular complexity index is 2760. The molecule has 0 radical (unpaired) electrons. The third-order valence-corrected chi connectivity index (χ3v) is 11.1. The van der Waals surface area contributed by atoms with E-state index in [0.29, 0.717) is 5.92 Å². The van der Waals surface area contributed by atoms with E-state index < -0.39 is 0 Å². The number of nitrogens with zero attached hydrogens (tertiary/aromatic N) is 2. The second-order valence-corrected chi connectivity index (χ2v) is 14.1. The summed E-state index contributed by atoms with van der Waals surface area (Å²) in [6.07, 6.45) is 7.99. The van der Waals surface area contributed by atoms with Crippen LogP contribution in [0.5, 0.6) is 0 Å². The van der Waals surface area contributed by atoms with Gasteiger partial charge in [0, 0.05) is 46.8 Å². The van der Waals surface area contributed by atoms with E-state index in [1.54, 1.807) is 0 Å². The molecule has 0 spiro atoms. The first-order valence-corrected chi connectivity index (χ1v) is 18.5. The molecular weight excluding hydrogens is 641 g/mol. The smallest absolute Gasteiger partial charge is 0.0488 e. The number of benzene rings is 9. The summed E-state index contributed by atoms with van der Waals surface area (Å²) in [4.78, 5) is 4.71. The first-order valence-electron chi connectivity index (χ1n) is 18.5. The van der Waals surface area contributed by atoms with Crippen LogP contribution in [0.2, 0.25) is 0 Å². The summed E-state index contributed by atoms with van der Waals surface area (Å²) in [5.74, 6) is 0.315. The molecule has 0 N–H and O–H groups in total. The van der Waals surface area contributed by atoms with Crippen molar-refractivity contribution in [2.24, 2.45) is 0 Å². The van der Waals surface area contributed by atoms with Crippen LogP contribution in [0, 0.1) is 0 Å². The fourth-order valence-electron chi connectivity index (χ4n) is 8.51. The van der Waals surface area contributed by atoms with Crippen LogP contribution in [0.25, 0.3) is 54.2 Å². The molecule has 0 aromatic heterocycles. The van der Waals surface area contributed by atoms with Crippen molar-refractivity contribution in [1.82, 2.24) is 0 Å². The summed E-state index contributed by atoms with van der Waals surface area (Å²) < 4.78 is 0. The maximum Gasteiger partial charge on any atom is 0.0488 e. The molecule has 0 saturated carbocycles. The first kappa shape index (κ1) is 31.1. The van der Waals surface area contributed by atoms with E-state index >= 15 is 0 Å². The molecule has 0 amide bonds. The van der Waals surface area contributed by atoms with E-state index in [9.17, 15) is 0 Å². The quantitative estimate of drug-likeness (QED) is 0.122. The lowest BCUT2D eigenvalue weighted by Crippen LogP contribution is -2.17. The third kappa shape index (κ3) is 5.34. The van der Waals surface area contributed by atoms with Gasteiger partial charge in [-0.25, -0.2) is 0 Å². The van der Waals surface area contributed by atoms with Gasteiger partial charge < -0.3 is 9.80 Å². The van der Waals surface area contributed by atoms with Crippen LogP contribution in [0.1, 0.15) is 17.9 Å². The molecule has 2 heteroatoms. The molecule has 0 bridgehead atoms. The minimum atomic E-state index is 0.315. The Kier molecular flexibility index (Phi) is 7.54. The summed E-state index contributed by atoms with van der Waals surface area (Å²) in [6, 6.07) is 64.1. The van der Waals surface area contributed by atoms with Crippen LogP contribution in [0.3, 0.4) is 0 Å². The summed E-state index contributed by atoms with van der Waals surface area (Å²) in [6.45, 7) is 0. The van der Waals surface area contributed by atoms with Crippen LogP contribution < -0.4 is 9.80 Å². The minimum Gasteiger partial charge on any atom is -0.344 e. The van der Waals surface area contributed by atoms with Crippen LogP contribution in [0.4, 0.5) is 22.7 Å². The number of rotatable bonds is 7. The highest BCUT2D eigenvalue weighted by Gasteiger charge is 2.20. The van der Waals surface area contributed by atoms with E-state index in [2.05, 4.69) is 211 Å². The number of allylic oxidation sites excluding steroid dienone is 3. The molecule has 1 atom stereocenters. The molecule has 0 fully saturated rings. The molecule has 53 heavy (non-hydrogen) atoms. The molecule has 9 aromatic carbocycles. The molecule has 1 unspecified atom stereocenters. The summed E-state index contributed by atoms with van der Waals surface area (Å²) in [5, 5.41) is 10.6. The lowest BCUT2D eigenvalue weighted by atomic mass is 9.89. The SMILES string of the molecule is CN(c1ccc(C2C=CC(N(c3ccccc3)c3cccc(-c4ccccc4)c3)=CC2)cc1)c1ccc2c3cccc4cccc(c5cccc1c52)c43. The van der Waals surface area contributed by atoms with Crippen LogP contribution in [-0.4, -0.2) is 7.05 Å². The lowest BCUT2D eigenvalue weighted by Gasteiger charge is -2.29. The maximum atomic E-state index is 2.39. The summed E-state index contributed by atoms with van der Waals surface area (Å²) >= 11 is 0. The van der Waals surface area contributed by atoms with Crippen LogP contribution in [-0.2, 0) is 0 Å². The highest BCUT2D eigenvalue weighted by Crippen LogP contribution is 2.44. The number of fused-ring (bicyclic) bond motifs is 2. The Morgan fingerprint density at radius 1 is 0.472 bits per heavy atom. The van der Waals surface area contributed by atoms with Crippen molar-refractivity contribution < 1.29 is 0 Å². The topological polar surface area (TPSA) is 6.48 Å². The van der Waals surface area contributed by atoms with Gasteiger partial charge in [-0.05, 0) is 109 Å². The van der Waals surface area contributed by atoms with Crippen molar-refractivity contribution in [2.75, 3.05) is 16.8 Å². The van der Waals surface area contributed by atoms with Gasteiger partial charge in [0.1, 0.15) is 0 Å². The molecule has 10 rings (SSSR count). The van der Waals surface area contributed by atoms with Crippen LogP contribution in [0.15, 0.2) is 200 Å². The second kappa shape index (κ2) is 12.8. The third-order valence-electron chi connectivity index (χ3n) is 11.1. The summed E-state index contributed by atoms with van der Waals surface area (Å²) in [5.41, 5.74) is 9.65. The fourth-order valence-corrected chi connectivity index (χ4v) is 8.51.